The van der Waals surface area contributed by atoms with Crippen molar-refractivity contribution >= 4 is 35.3 Å². The Kier molecular flexibility index (Phi) is 8.56. The highest BCUT2D eigenvalue weighted by Crippen LogP contribution is 2.10. The quantitative estimate of drug-likeness (QED) is 0.532. The number of hydrogen-bond acceptors (Lipinski definition) is 5. The molecule has 2 fully saturated rings. The van der Waals surface area contributed by atoms with Gasteiger partial charge in [-0.2, -0.15) is 0 Å². The topological polar surface area (TPSA) is 111 Å². The van der Waals surface area contributed by atoms with Crippen molar-refractivity contribution < 1.29 is 24.2 Å². The summed E-state index contributed by atoms with van der Waals surface area (Å²) in [6, 6.07) is 0. The molecule has 148 valence electrons. The van der Waals surface area contributed by atoms with Gasteiger partial charge in [0.15, 0.2) is 0 Å². The van der Waals surface area contributed by atoms with E-state index >= 15 is 0 Å². The molecule has 10 heteroatoms. The molecule has 0 aliphatic carbocycles. The highest BCUT2D eigenvalue weighted by atomic mass is 32.1. The Balaban J connectivity index is 0.000000273. The van der Waals surface area contributed by atoms with Crippen LogP contribution in [-0.2, 0) is 9.53 Å². The first-order valence-corrected chi connectivity index (χ1v) is 8.98. The molecule has 0 saturated carbocycles. The van der Waals surface area contributed by atoms with Gasteiger partial charge in [0.2, 0.25) is 5.91 Å². The average molecular weight is 388 g/mol. The predicted molar refractivity (Wildman–Crippen MR) is 100 cm³/mol. The van der Waals surface area contributed by atoms with Crippen LogP contribution in [0.5, 0.6) is 0 Å². The number of carboxylic acid groups (broad SMARTS) is 1. The first-order valence-electron chi connectivity index (χ1n) is 8.57. The molecule has 0 aromatic heterocycles. The first-order chi connectivity index (χ1) is 12.1. The van der Waals surface area contributed by atoms with Crippen LogP contribution in [0, 0.1) is 0 Å². The molecule has 0 atom stereocenters. The number of hydrogen-bond donors (Lipinski definition) is 3. The maximum absolute atomic E-state index is 11.6. The molecule has 2 heterocycles. The van der Waals surface area contributed by atoms with Crippen molar-refractivity contribution in [2.24, 2.45) is 0 Å². The summed E-state index contributed by atoms with van der Waals surface area (Å²) in [5.41, 5.74) is -0.485. The third kappa shape index (κ3) is 8.84. The lowest BCUT2D eigenvalue weighted by atomic mass is 10.2. The lowest BCUT2D eigenvalue weighted by Crippen LogP contribution is -2.38. The summed E-state index contributed by atoms with van der Waals surface area (Å²) >= 11 is 4.90. The van der Waals surface area contributed by atoms with Crippen LogP contribution in [0.2, 0.25) is 0 Å². The van der Waals surface area contributed by atoms with E-state index in [1.807, 2.05) is 20.8 Å². The molecule has 2 aliphatic rings. The van der Waals surface area contributed by atoms with Crippen LogP contribution in [0.3, 0.4) is 0 Å². The van der Waals surface area contributed by atoms with E-state index in [2.05, 4.69) is 10.6 Å². The van der Waals surface area contributed by atoms with Crippen LogP contribution in [0.4, 0.5) is 9.59 Å². The monoisotopic (exact) mass is 388 g/mol. The summed E-state index contributed by atoms with van der Waals surface area (Å²) in [5, 5.41) is 14.3. The fourth-order valence-corrected chi connectivity index (χ4v) is 2.43. The molecular weight excluding hydrogens is 360 g/mol. The van der Waals surface area contributed by atoms with Crippen molar-refractivity contribution in [2.75, 3.05) is 39.3 Å². The Labute approximate surface area is 159 Å². The second-order valence-corrected chi connectivity index (χ2v) is 7.43. The molecule has 2 rings (SSSR count). The van der Waals surface area contributed by atoms with Crippen LogP contribution >= 0.6 is 12.2 Å². The van der Waals surface area contributed by atoms with Crippen molar-refractivity contribution in [1.29, 1.82) is 0 Å². The van der Waals surface area contributed by atoms with E-state index in [1.165, 1.54) is 4.90 Å². The summed E-state index contributed by atoms with van der Waals surface area (Å²) in [5.74, 6) is -0.0129. The van der Waals surface area contributed by atoms with Gasteiger partial charge in [0.05, 0.1) is 4.99 Å². The standard InChI is InChI=1S/C10H18N2O3.C6H10N2O2S/c1-10(2,3)15-9(14)12-6-4-8(13)11-5-7-12;9-6(10)8-3-1-5(11)7-2-4-8/h4-7H2,1-3H3,(H,11,13);1-4H2,(H,7,11)(H,9,10). The van der Waals surface area contributed by atoms with E-state index in [9.17, 15) is 14.4 Å². The van der Waals surface area contributed by atoms with Gasteiger partial charge in [-0.05, 0) is 20.8 Å². The Bertz CT molecular complexity index is 535. The zero-order valence-corrected chi connectivity index (χ0v) is 16.4. The van der Waals surface area contributed by atoms with Crippen molar-refractivity contribution in [3.8, 4) is 0 Å². The minimum Gasteiger partial charge on any atom is -0.465 e. The van der Waals surface area contributed by atoms with Gasteiger partial charge in [-0.25, -0.2) is 9.59 Å². The third-order valence-electron chi connectivity index (χ3n) is 3.55. The molecule has 0 aromatic carbocycles. The third-order valence-corrected chi connectivity index (χ3v) is 3.90. The molecule has 26 heavy (non-hydrogen) atoms. The molecular formula is C16H28N4O5S. The largest absolute Gasteiger partial charge is 0.465 e. The Morgan fingerprint density at radius 3 is 2.23 bits per heavy atom. The van der Waals surface area contributed by atoms with Crippen molar-refractivity contribution in [2.45, 2.75) is 39.2 Å². The van der Waals surface area contributed by atoms with Crippen molar-refractivity contribution in [3.63, 3.8) is 0 Å². The van der Waals surface area contributed by atoms with Crippen molar-refractivity contribution in [3.05, 3.63) is 0 Å². The van der Waals surface area contributed by atoms with E-state index < -0.39 is 11.7 Å². The zero-order valence-electron chi connectivity index (χ0n) is 15.5. The number of carbonyl (C=O) groups is 3. The second-order valence-electron chi connectivity index (χ2n) is 6.94. The smallest absolute Gasteiger partial charge is 0.410 e. The van der Waals surface area contributed by atoms with Gasteiger partial charge < -0.3 is 30.3 Å². The maximum Gasteiger partial charge on any atom is 0.410 e. The molecule has 0 spiro atoms. The van der Waals surface area contributed by atoms with Crippen molar-refractivity contribution in [1.82, 2.24) is 20.4 Å². The van der Waals surface area contributed by atoms with E-state index in [1.54, 1.807) is 4.90 Å². The number of rotatable bonds is 0. The lowest BCUT2D eigenvalue weighted by molar-refractivity contribution is -0.120. The minimum atomic E-state index is -0.864. The molecule has 0 unspecified atom stereocenters. The molecule has 0 radical (unpaired) electrons. The highest BCUT2D eigenvalue weighted by molar-refractivity contribution is 7.80. The first kappa shape index (κ1) is 21.9. The Morgan fingerprint density at radius 1 is 1.04 bits per heavy atom. The fraction of sp³-hybridized carbons (Fsp3) is 0.750. The van der Waals surface area contributed by atoms with E-state index in [-0.39, 0.29) is 12.0 Å². The highest BCUT2D eigenvalue weighted by Gasteiger charge is 2.23. The molecule has 0 bridgehead atoms. The average Bonchev–Trinajstić information content (AvgIpc) is 2.86. The summed E-state index contributed by atoms with van der Waals surface area (Å²) < 4.78 is 5.22. The SMILES string of the molecule is CC(C)(C)OC(=O)N1CCNC(=O)CC1.O=C(O)N1CCNC(=S)CC1. The zero-order chi connectivity index (χ0) is 19.7. The van der Waals surface area contributed by atoms with Gasteiger partial charge in [-0.15, -0.1) is 0 Å². The van der Waals surface area contributed by atoms with Gasteiger partial charge in [0, 0.05) is 52.1 Å². The maximum atomic E-state index is 11.6. The van der Waals surface area contributed by atoms with Crippen LogP contribution in [0.1, 0.15) is 33.6 Å². The van der Waals surface area contributed by atoms with Gasteiger partial charge in [-0.1, -0.05) is 12.2 Å². The van der Waals surface area contributed by atoms with E-state index in [0.29, 0.717) is 52.1 Å². The fourth-order valence-electron chi connectivity index (χ4n) is 2.23. The Morgan fingerprint density at radius 2 is 1.62 bits per heavy atom. The van der Waals surface area contributed by atoms with Crippen LogP contribution < -0.4 is 10.6 Å². The molecule has 2 saturated heterocycles. The molecule has 3 amide bonds. The summed E-state index contributed by atoms with van der Waals surface area (Å²) in [7, 11) is 0. The van der Waals surface area contributed by atoms with E-state index in [4.69, 9.17) is 22.1 Å². The second kappa shape index (κ2) is 10.1. The number of nitrogens with zero attached hydrogens (tertiary/aromatic N) is 2. The minimum absolute atomic E-state index is 0.0129. The summed E-state index contributed by atoms with van der Waals surface area (Å²) in [6.07, 6.45) is -0.226. The summed E-state index contributed by atoms with van der Waals surface area (Å²) in [6.45, 7) is 8.59. The number of thiocarbonyl (C=S) groups is 1. The lowest BCUT2D eigenvalue weighted by Gasteiger charge is -2.25. The van der Waals surface area contributed by atoms with E-state index in [0.717, 1.165) is 4.99 Å². The molecule has 3 N–H and O–H groups in total. The van der Waals surface area contributed by atoms with Gasteiger partial charge in [-0.3, -0.25) is 4.79 Å². The number of carbonyl (C=O) groups excluding carboxylic acids is 2. The number of ether oxygens (including phenoxy) is 1. The normalized spacial score (nSPS) is 18.4. The summed E-state index contributed by atoms with van der Waals surface area (Å²) in [4.78, 5) is 36.8. The van der Waals surface area contributed by atoms with Gasteiger partial charge >= 0.3 is 12.2 Å². The molecule has 2 aliphatic heterocycles. The Hall–Kier alpha value is -2.10. The molecule has 9 nitrogen and oxygen atoms in total. The number of amides is 3. The molecule has 0 aromatic rings. The van der Waals surface area contributed by atoms with Gasteiger partial charge in [0.25, 0.3) is 0 Å². The van der Waals surface area contributed by atoms with Gasteiger partial charge in [0.1, 0.15) is 5.60 Å². The van der Waals surface area contributed by atoms with Crippen LogP contribution in [-0.4, -0.2) is 82.9 Å². The van der Waals surface area contributed by atoms with Crippen LogP contribution in [0.25, 0.3) is 0 Å². The number of nitrogens with one attached hydrogen (secondary N) is 2. The predicted octanol–water partition coefficient (Wildman–Crippen LogP) is 1.03. The van der Waals surface area contributed by atoms with Crippen LogP contribution in [0.15, 0.2) is 0 Å².